The summed E-state index contributed by atoms with van der Waals surface area (Å²) in [6.45, 7) is 2.28. The van der Waals surface area contributed by atoms with Crippen molar-refractivity contribution in [1.29, 1.82) is 0 Å². The molecular formula is C15H24N2O2. The van der Waals surface area contributed by atoms with E-state index in [4.69, 9.17) is 10.5 Å². The number of pyridine rings is 1. The van der Waals surface area contributed by atoms with Gasteiger partial charge in [-0.3, -0.25) is 4.79 Å². The first-order valence-electron chi connectivity index (χ1n) is 7.29. The van der Waals surface area contributed by atoms with E-state index in [0.29, 0.717) is 12.2 Å². The number of rotatable bonds is 6. The molecule has 0 spiro atoms. The average molecular weight is 264 g/mol. The van der Waals surface area contributed by atoms with Gasteiger partial charge >= 0.3 is 0 Å². The predicted molar refractivity (Wildman–Crippen MR) is 77.1 cm³/mol. The number of hydrogen-bond donors (Lipinski definition) is 1. The molecule has 0 radical (unpaired) electrons. The first kappa shape index (κ1) is 14.1. The molecule has 0 saturated heterocycles. The maximum atomic E-state index is 11.5. The van der Waals surface area contributed by atoms with Gasteiger partial charge in [0, 0.05) is 37.7 Å². The third-order valence-electron chi connectivity index (χ3n) is 3.77. The van der Waals surface area contributed by atoms with Crippen molar-refractivity contribution in [1.82, 2.24) is 4.57 Å². The summed E-state index contributed by atoms with van der Waals surface area (Å²) in [4.78, 5) is 11.5. The molecule has 4 heteroatoms. The van der Waals surface area contributed by atoms with Gasteiger partial charge in [0.1, 0.15) is 0 Å². The molecule has 1 saturated carbocycles. The van der Waals surface area contributed by atoms with Gasteiger partial charge in [-0.05, 0) is 31.2 Å². The van der Waals surface area contributed by atoms with E-state index in [1.807, 2.05) is 0 Å². The Kier molecular flexibility index (Phi) is 5.45. The topological polar surface area (TPSA) is 57.2 Å². The van der Waals surface area contributed by atoms with E-state index in [0.717, 1.165) is 25.6 Å². The molecule has 2 rings (SSSR count). The number of aryl methyl sites for hydroxylation is 1. The molecule has 2 N–H and O–H groups in total. The number of nitrogens with two attached hydrogens (primary N) is 1. The van der Waals surface area contributed by atoms with E-state index < -0.39 is 0 Å². The Bertz CT molecular complexity index is 436. The Hall–Kier alpha value is -1.29. The molecule has 0 unspecified atom stereocenters. The Morgan fingerprint density at radius 1 is 1.26 bits per heavy atom. The number of anilines is 1. The molecule has 1 aromatic heterocycles. The monoisotopic (exact) mass is 264 g/mol. The fraction of sp³-hybridized carbons (Fsp3) is 0.667. The largest absolute Gasteiger partial charge is 0.398 e. The van der Waals surface area contributed by atoms with Crippen LogP contribution < -0.4 is 11.3 Å². The van der Waals surface area contributed by atoms with E-state index in [9.17, 15) is 4.79 Å². The molecule has 106 valence electrons. The summed E-state index contributed by atoms with van der Waals surface area (Å²) < 4.78 is 7.37. The molecule has 1 aromatic rings. The number of nitrogen functional groups attached to an aromatic ring is 1. The van der Waals surface area contributed by atoms with Crippen LogP contribution in [0.25, 0.3) is 0 Å². The van der Waals surface area contributed by atoms with Gasteiger partial charge in [-0.25, -0.2) is 0 Å². The summed E-state index contributed by atoms with van der Waals surface area (Å²) in [5.74, 6) is 0.754. The fourth-order valence-electron chi connectivity index (χ4n) is 2.67. The van der Waals surface area contributed by atoms with Gasteiger partial charge in [-0.1, -0.05) is 19.3 Å². The lowest BCUT2D eigenvalue weighted by atomic mass is 9.90. The molecule has 1 aliphatic carbocycles. The molecule has 19 heavy (non-hydrogen) atoms. The summed E-state index contributed by atoms with van der Waals surface area (Å²) >= 11 is 0. The highest BCUT2D eigenvalue weighted by Crippen LogP contribution is 2.23. The van der Waals surface area contributed by atoms with Gasteiger partial charge in [-0.2, -0.15) is 0 Å². The van der Waals surface area contributed by atoms with Crippen molar-refractivity contribution in [3.05, 3.63) is 28.7 Å². The number of nitrogens with zero attached hydrogens (tertiary/aromatic N) is 1. The van der Waals surface area contributed by atoms with Crippen molar-refractivity contribution in [2.24, 2.45) is 5.92 Å². The minimum absolute atomic E-state index is 0.00137. The van der Waals surface area contributed by atoms with Crippen molar-refractivity contribution in [2.75, 3.05) is 18.9 Å². The van der Waals surface area contributed by atoms with Gasteiger partial charge in [0.15, 0.2) is 0 Å². The minimum atomic E-state index is 0.00137. The van der Waals surface area contributed by atoms with Crippen molar-refractivity contribution in [2.45, 2.75) is 45.1 Å². The van der Waals surface area contributed by atoms with Crippen LogP contribution in [0.5, 0.6) is 0 Å². The second-order valence-electron chi connectivity index (χ2n) is 5.43. The summed E-state index contributed by atoms with van der Waals surface area (Å²) in [6.07, 6.45) is 9.27. The van der Waals surface area contributed by atoms with Crippen LogP contribution in [0.4, 0.5) is 5.69 Å². The van der Waals surface area contributed by atoms with Crippen molar-refractivity contribution < 1.29 is 4.74 Å². The quantitative estimate of drug-likeness (QED) is 0.803. The Morgan fingerprint density at radius 2 is 2.05 bits per heavy atom. The van der Waals surface area contributed by atoms with Crippen LogP contribution in [0.2, 0.25) is 0 Å². The third kappa shape index (κ3) is 4.71. The molecule has 0 aromatic carbocycles. The van der Waals surface area contributed by atoms with Crippen LogP contribution in [0.3, 0.4) is 0 Å². The molecule has 0 aliphatic heterocycles. The van der Waals surface area contributed by atoms with Crippen molar-refractivity contribution in [3.8, 4) is 0 Å². The maximum Gasteiger partial charge on any atom is 0.250 e. The predicted octanol–water partition coefficient (Wildman–Crippen LogP) is 2.42. The normalized spacial score (nSPS) is 16.6. The van der Waals surface area contributed by atoms with Crippen LogP contribution in [0.15, 0.2) is 23.1 Å². The molecule has 4 nitrogen and oxygen atoms in total. The second-order valence-corrected chi connectivity index (χ2v) is 5.43. The smallest absolute Gasteiger partial charge is 0.250 e. The second kappa shape index (κ2) is 7.34. The number of ether oxygens (including phenoxy) is 1. The SMILES string of the molecule is Nc1ccc(=O)n(CCCOCC2CCCCC2)c1. The first-order chi connectivity index (χ1) is 9.25. The fourth-order valence-corrected chi connectivity index (χ4v) is 2.67. The zero-order chi connectivity index (χ0) is 13.5. The van der Waals surface area contributed by atoms with Gasteiger partial charge in [-0.15, -0.1) is 0 Å². The van der Waals surface area contributed by atoms with Crippen molar-refractivity contribution in [3.63, 3.8) is 0 Å². The van der Waals surface area contributed by atoms with Crippen LogP contribution in [0, 0.1) is 5.92 Å². The van der Waals surface area contributed by atoms with Gasteiger partial charge in [0.25, 0.3) is 5.56 Å². The summed E-state index contributed by atoms with van der Waals surface area (Å²) in [7, 11) is 0. The lowest BCUT2D eigenvalue weighted by Gasteiger charge is -2.21. The highest BCUT2D eigenvalue weighted by Gasteiger charge is 2.12. The minimum Gasteiger partial charge on any atom is -0.398 e. The Morgan fingerprint density at radius 3 is 2.84 bits per heavy atom. The molecule has 0 amide bonds. The van der Waals surface area contributed by atoms with Gasteiger partial charge in [0.05, 0.1) is 0 Å². The van der Waals surface area contributed by atoms with E-state index in [2.05, 4.69) is 0 Å². The molecule has 1 fully saturated rings. The number of hydrogen-bond acceptors (Lipinski definition) is 3. The highest BCUT2D eigenvalue weighted by molar-refractivity contribution is 5.33. The zero-order valence-corrected chi connectivity index (χ0v) is 11.5. The first-order valence-corrected chi connectivity index (χ1v) is 7.29. The van der Waals surface area contributed by atoms with E-state index >= 15 is 0 Å². The van der Waals surface area contributed by atoms with Crippen molar-refractivity contribution >= 4 is 5.69 Å². The van der Waals surface area contributed by atoms with E-state index in [-0.39, 0.29) is 5.56 Å². The summed E-state index contributed by atoms with van der Waals surface area (Å²) in [5.41, 5.74) is 6.29. The van der Waals surface area contributed by atoms with Crippen LogP contribution >= 0.6 is 0 Å². The summed E-state index contributed by atoms with van der Waals surface area (Å²) in [6, 6.07) is 3.15. The van der Waals surface area contributed by atoms with E-state index in [1.165, 1.54) is 38.2 Å². The van der Waals surface area contributed by atoms with Gasteiger partial charge in [0.2, 0.25) is 0 Å². The molecule has 1 heterocycles. The van der Waals surface area contributed by atoms with Gasteiger partial charge < -0.3 is 15.0 Å². The highest BCUT2D eigenvalue weighted by atomic mass is 16.5. The zero-order valence-electron chi connectivity index (χ0n) is 11.5. The van der Waals surface area contributed by atoms with Crippen LogP contribution in [0.1, 0.15) is 38.5 Å². The summed E-state index contributed by atoms with van der Waals surface area (Å²) in [5, 5.41) is 0. The van der Waals surface area contributed by atoms with Crippen LogP contribution in [-0.4, -0.2) is 17.8 Å². The number of aromatic nitrogens is 1. The Balaban J connectivity index is 1.63. The average Bonchev–Trinajstić information content (AvgIpc) is 2.43. The lowest BCUT2D eigenvalue weighted by Crippen LogP contribution is -2.20. The molecule has 0 atom stereocenters. The van der Waals surface area contributed by atoms with Crippen LogP contribution in [-0.2, 0) is 11.3 Å². The standard InChI is InChI=1S/C15H24N2O2/c16-14-7-8-15(18)17(11-14)9-4-10-19-12-13-5-2-1-3-6-13/h7-8,11,13H,1-6,9-10,12,16H2. The third-order valence-corrected chi connectivity index (χ3v) is 3.77. The van der Waals surface area contributed by atoms with E-state index in [1.54, 1.807) is 16.8 Å². The molecular weight excluding hydrogens is 240 g/mol. The lowest BCUT2D eigenvalue weighted by molar-refractivity contribution is 0.0816. The maximum absolute atomic E-state index is 11.5. The Labute approximate surface area is 114 Å². The molecule has 1 aliphatic rings. The molecule has 0 bridgehead atoms.